The van der Waals surface area contributed by atoms with Gasteiger partial charge in [0, 0.05) is 19.0 Å². The molecule has 2 amide bonds. The number of halogens is 3. The molecule has 6 nitrogen and oxygen atoms in total. The van der Waals surface area contributed by atoms with Crippen LogP contribution in [0, 0.1) is 11.8 Å². The Hall–Kier alpha value is -2.45. The molecule has 1 saturated heterocycles. The van der Waals surface area contributed by atoms with E-state index in [4.69, 9.17) is 4.74 Å². The Balaban J connectivity index is 1.89. The highest BCUT2D eigenvalue weighted by molar-refractivity contribution is 5.79. The Morgan fingerprint density at radius 2 is 1.76 bits per heavy atom. The van der Waals surface area contributed by atoms with Crippen LogP contribution < -0.4 is 10.1 Å². The smallest absolute Gasteiger partial charge is 0.422 e. The quantitative estimate of drug-likeness (QED) is 0.763. The van der Waals surface area contributed by atoms with Crippen molar-refractivity contribution in [3.63, 3.8) is 0 Å². The third-order valence-corrected chi connectivity index (χ3v) is 4.92. The fourth-order valence-corrected chi connectivity index (χ4v) is 3.28. The average molecular weight is 416 g/mol. The van der Waals surface area contributed by atoms with Crippen LogP contribution >= 0.6 is 0 Å². The molecule has 1 aromatic rings. The summed E-state index contributed by atoms with van der Waals surface area (Å²) in [5.74, 6) is 0.459. The van der Waals surface area contributed by atoms with Crippen LogP contribution in [0.3, 0.4) is 0 Å². The number of alkyl halides is 3. The molecular formula is C20H27F3N2O4. The van der Waals surface area contributed by atoms with Crippen LogP contribution in [-0.4, -0.2) is 49.9 Å². The van der Waals surface area contributed by atoms with Crippen LogP contribution in [0.2, 0.25) is 0 Å². The second kappa shape index (κ2) is 9.84. The maximum Gasteiger partial charge on any atom is 0.422 e. The molecule has 1 atom stereocenters. The molecular weight excluding hydrogens is 389 g/mol. The van der Waals surface area contributed by atoms with Crippen molar-refractivity contribution in [3.05, 3.63) is 29.8 Å². The highest BCUT2D eigenvalue weighted by atomic mass is 19.4. The van der Waals surface area contributed by atoms with E-state index in [1.807, 2.05) is 38.1 Å². The fraction of sp³-hybridized carbons (Fsp3) is 0.600. The highest BCUT2D eigenvalue weighted by Gasteiger charge is 2.33. The number of hydrogen-bond donors (Lipinski definition) is 1. The predicted molar refractivity (Wildman–Crippen MR) is 100 cm³/mol. The minimum Gasteiger partial charge on any atom is -0.497 e. The van der Waals surface area contributed by atoms with Crippen LogP contribution in [0.25, 0.3) is 0 Å². The Morgan fingerprint density at radius 3 is 2.24 bits per heavy atom. The third kappa shape index (κ3) is 6.83. The first-order valence-corrected chi connectivity index (χ1v) is 9.53. The molecule has 0 bridgehead atoms. The molecule has 1 N–H and O–H groups in total. The number of ether oxygens (including phenoxy) is 2. The number of hydrogen-bond acceptors (Lipinski definition) is 4. The van der Waals surface area contributed by atoms with Gasteiger partial charge in [0.25, 0.3) is 0 Å². The minimum atomic E-state index is -4.55. The third-order valence-electron chi connectivity index (χ3n) is 4.92. The number of nitrogens with zero attached hydrogens (tertiary/aromatic N) is 1. The van der Waals surface area contributed by atoms with E-state index in [0.717, 1.165) is 11.3 Å². The first-order chi connectivity index (χ1) is 13.6. The van der Waals surface area contributed by atoms with Crippen LogP contribution in [0.1, 0.15) is 38.3 Å². The molecule has 1 aliphatic heterocycles. The number of rotatable bonds is 6. The van der Waals surface area contributed by atoms with Crippen LogP contribution in [-0.2, 0) is 9.53 Å². The van der Waals surface area contributed by atoms with Gasteiger partial charge in [-0.1, -0.05) is 26.0 Å². The SMILES string of the molecule is COc1ccc([C@H](NC(=O)C2CCN(C(=O)OCC(F)(F)F)CC2)C(C)C)cc1. The van der Waals surface area contributed by atoms with E-state index in [0.29, 0.717) is 12.8 Å². The van der Waals surface area contributed by atoms with Gasteiger partial charge in [-0.3, -0.25) is 4.79 Å². The number of likely N-dealkylation sites (tertiary alicyclic amines) is 1. The van der Waals surface area contributed by atoms with E-state index in [2.05, 4.69) is 10.1 Å². The molecule has 0 radical (unpaired) electrons. The van der Waals surface area contributed by atoms with Gasteiger partial charge >= 0.3 is 12.3 Å². The number of methoxy groups -OCH3 is 1. The van der Waals surface area contributed by atoms with E-state index in [9.17, 15) is 22.8 Å². The molecule has 0 aliphatic carbocycles. The zero-order valence-electron chi connectivity index (χ0n) is 16.8. The number of carbonyl (C=O) groups excluding carboxylic acids is 2. The topological polar surface area (TPSA) is 67.9 Å². The second-order valence-electron chi connectivity index (χ2n) is 7.43. The van der Waals surface area contributed by atoms with Gasteiger partial charge in [-0.2, -0.15) is 13.2 Å². The summed E-state index contributed by atoms with van der Waals surface area (Å²) in [7, 11) is 1.59. The number of carbonyl (C=O) groups is 2. The Morgan fingerprint density at radius 1 is 1.17 bits per heavy atom. The van der Waals surface area contributed by atoms with Crippen molar-refractivity contribution in [2.24, 2.45) is 11.8 Å². The monoisotopic (exact) mass is 416 g/mol. The van der Waals surface area contributed by atoms with Gasteiger partial charge in [0.05, 0.1) is 13.2 Å². The van der Waals surface area contributed by atoms with Crippen molar-refractivity contribution in [2.75, 3.05) is 26.8 Å². The summed E-state index contributed by atoms with van der Waals surface area (Å²) in [6, 6.07) is 7.30. The molecule has 0 saturated carbocycles. The van der Waals surface area contributed by atoms with E-state index in [1.165, 1.54) is 4.90 Å². The summed E-state index contributed by atoms with van der Waals surface area (Å²) >= 11 is 0. The average Bonchev–Trinajstić information content (AvgIpc) is 2.69. The molecule has 162 valence electrons. The Labute approximate surface area is 168 Å². The molecule has 2 rings (SSSR count). The summed E-state index contributed by atoms with van der Waals surface area (Å²) in [4.78, 5) is 25.6. The van der Waals surface area contributed by atoms with E-state index >= 15 is 0 Å². The molecule has 0 spiro atoms. The van der Waals surface area contributed by atoms with E-state index in [-0.39, 0.29) is 36.9 Å². The molecule has 0 aromatic heterocycles. The van der Waals surface area contributed by atoms with Crippen molar-refractivity contribution in [1.29, 1.82) is 0 Å². The summed E-state index contributed by atoms with van der Waals surface area (Å²) in [5, 5.41) is 3.07. The molecule has 1 fully saturated rings. The molecule has 1 aromatic carbocycles. The molecule has 1 heterocycles. The number of piperidine rings is 1. The zero-order chi connectivity index (χ0) is 21.6. The lowest BCUT2D eigenvalue weighted by atomic mass is 9.92. The van der Waals surface area contributed by atoms with Crippen LogP contribution in [0.5, 0.6) is 5.75 Å². The van der Waals surface area contributed by atoms with Gasteiger partial charge in [-0.15, -0.1) is 0 Å². The Bertz CT molecular complexity index is 684. The summed E-state index contributed by atoms with van der Waals surface area (Å²) in [6.07, 6.45) is -4.80. The first kappa shape index (κ1) is 22.8. The maximum absolute atomic E-state index is 12.7. The van der Waals surface area contributed by atoms with Gasteiger partial charge < -0.3 is 19.7 Å². The van der Waals surface area contributed by atoms with E-state index < -0.39 is 18.9 Å². The molecule has 29 heavy (non-hydrogen) atoms. The Kier molecular flexibility index (Phi) is 7.75. The summed E-state index contributed by atoms with van der Waals surface area (Å²) in [6.45, 7) is 2.78. The largest absolute Gasteiger partial charge is 0.497 e. The van der Waals surface area contributed by atoms with Crippen molar-refractivity contribution >= 4 is 12.0 Å². The number of amides is 2. The summed E-state index contributed by atoms with van der Waals surface area (Å²) in [5.41, 5.74) is 0.960. The molecule has 0 unspecified atom stereocenters. The normalized spacial score (nSPS) is 16.4. The van der Waals surface area contributed by atoms with Crippen molar-refractivity contribution in [1.82, 2.24) is 10.2 Å². The molecule has 1 aliphatic rings. The van der Waals surface area contributed by atoms with Gasteiger partial charge in [-0.05, 0) is 36.5 Å². The van der Waals surface area contributed by atoms with Crippen molar-refractivity contribution < 1.29 is 32.2 Å². The van der Waals surface area contributed by atoms with E-state index in [1.54, 1.807) is 7.11 Å². The fourth-order valence-electron chi connectivity index (χ4n) is 3.28. The lowest BCUT2D eigenvalue weighted by Crippen LogP contribution is -2.45. The van der Waals surface area contributed by atoms with Crippen LogP contribution in [0.15, 0.2) is 24.3 Å². The lowest BCUT2D eigenvalue weighted by molar-refractivity contribution is -0.162. The highest BCUT2D eigenvalue weighted by Crippen LogP contribution is 2.26. The number of nitrogens with one attached hydrogen (secondary N) is 1. The maximum atomic E-state index is 12.7. The van der Waals surface area contributed by atoms with Crippen molar-refractivity contribution in [2.45, 2.75) is 38.9 Å². The lowest BCUT2D eigenvalue weighted by Gasteiger charge is -2.32. The number of benzene rings is 1. The van der Waals surface area contributed by atoms with Gasteiger partial charge in [0.1, 0.15) is 5.75 Å². The van der Waals surface area contributed by atoms with Gasteiger partial charge in [-0.25, -0.2) is 4.79 Å². The van der Waals surface area contributed by atoms with Gasteiger partial charge in [0.2, 0.25) is 5.91 Å². The van der Waals surface area contributed by atoms with Crippen LogP contribution in [0.4, 0.5) is 18.0 Å². The predicted octanol–water partition coefficient (Wildman–Crippen LogP) is 3.92. The zero-order valence-corrected chi connectivity index (χ0v) is 16.8. The molecule has 9 heteroatoms. The first-order valence-electron chi connectivity index (χ1n) is 9.53. The second-order valence-corrected chi connectivity index (χ2v) is 7.43. The van der Waals surface area contributed by atoms with Gasteiger partial charge in [0.15, 0.2) is 6.61 Å². The standard InChI is InChI=1S/C20H27F3N2O4/c1-13(2)17(14-4-6-16(28-3)7-5-14)24-18(26)15-8-10-25(11-9-15)19(27)29-12-20(21,22)23/h4-7,13,15,17H,8-12H2,1-3H3,(H,24,26)/t17-/m1/s1. The van der Waals surface area contributed by atoms with Crippen molar-refractivity contribution in [3.8, 4) is 5.75 Å². The summed E-state index contributed by atoms with van der Waals surface area (Å²) < 4.78 is 45.9. The minimum absolute atomic E-state index is 0.122.